The molecule has 0 heterocycles. The molecule has 0 saturated carbocycles. The number of benzene rings is 1. The van der Waals surface area contributed by atoms with Crippen molar-refractivity contribution in [1.29, 1.82) is 0 Å². The van der Waals surface area contributed by atoms with E-state index in [0.29, 0.717) is 12.8 Å². The number of aryl methyl sites for hydroxylation is 2. The average Bonchev–Trinajstić information content (AvgIpc) is 2.31. The van der Waals surface area contributed by atoms with Crippen LogP contribution in [0.15, 0.2) is 24.3 Å². The lowest BCUT2D eigenvalue weighted by Crippen LogP contribution is -2.49. The molecule has 20 heavy (non-hydrogen) atoms. The van der Waals surface area contributed by atoms with Crippen molar-refractivity contribution in [3.05, 3.63) is 35.4 Å². The molecule has 0 fully saturated rings. The zero-order valence-corrected chi connectivity index (χ0v) is 12.6. The van der Waals surface area contributed by atoms with E-state index >= 15 is 0 Å². The van der Waals surface area contributed by atoms with Gasteiger partial charge in [-0.25, -0.2) is 4.79 Å². The van der Waals surface area contributed by atoms with Gasteiger partial charge in [-0.1, -0.05) is 50.6 Å². The number of amides is 1. The molecule has 2 N–H and O–H groups in total. The Labute approximate surface area is 120 Å². The summed E-state index contributed by atoms with van der Waals surface area (Å²) in [5.41, 5.74) is 1.73. The maximum Gasteiger partial charge on any atom is 0.326 e. The molecule has 0 unspecified atom stereocenters. The van der Waals surface area contributed by atoms with Gasteiger partial charge in [0.15, 0.2) is 0 Å². The normalized spacial score (nSPS) is 12.8. The zero-order chi connectivity index (χ0) is 15.3. The van der Waals surface area contributed by atoms with Crippen molar-refractivity contribution in [3.63, 3.8) is 0 Å². The Morgan fingerprint density at radius 1 is 1.30 bits per heavy atom. The molecule has 1 aromatic rings. The summed E-state index contributed by atoms with van der Waals surface area (Å²) in [4.78, 5) is 23.1. The number of carboxylic acids is 1. The molecule has 1 rings (SSSR count). The molecule has 0 saturated heterocycles. The SMILES string of the molecule is Cc1cccc(CCC(=O)N[C@@H](C(=O)O)C(C)(C)C)c1. The standard InChI is InChI=1S/C16H23NO3/c1-11-6-5-7-12(10-11)8-9-13(18)17-14(15(19)20)16(2,3)4/h5-7,10,14H,8-9H2,1-4H3,(H,17,18)(H,19,20)/t14-/m0/s1. The van der Waals surface area contributed by atoms with Gasteiger partial charge in [0.05, 0.1) is 0 Å². The summed E-state index contributed by atoms with van der Waals surface area (Å²) in [6.07, 6.45) is 0.910. The van der Waals surface area contributed by atoms with Gasteiger partial charge in [0.25, 0.3) is 0 Å². The topological polar surface area (TPSA) is 66.4 Å². The number of nitrogens with one attached hydrogen (secondary N) is 1. The Morgan fingerprint density at radius 3 is 2.45 bits per heavy atom. The average molecular weight is 277 g/mol. The number of hydrogen-bond donors (Lipinski definition) is 2. The summed E-state index contributed by atoms with van der Waals surface area (Å²) in [5, 5.41) is 11.8. The fraction of sp³-hybridized carbons (Fsp3) is 0.500. The minimum atomic E-state index is -0.999. The molecule has 1 aromatic carbocycles. The maximum absolute atomic E-state index is 11.9. The highest BCUT2D eigenvalue weighted by Gasteiger charge is 2.32. The van der Waals surface area contributed by atoms with E-state index in [9.17, 15) is 9.59 Å². The van der Waals surface area contributed by atoms with E-state index in [0.717, 1.165) is 11.1 Å². The molecule has 1 atom stereocenters. The molecule has 4 heteroatoms. The second-order valence-electron chi connectivity index (χ2n) is 6.19. The van der Waals surface area contributed by atoms with Crippen molar-refractivity contribution in [3.8, 4) is 0 Å². The van der Waals surface area contributed by atoms with Crippen molar-refractivity contribution in [2.24, 2.45) is 5.41 Å². The molecule has 0 aromatic heterocycles. The Kier molecular flexibility index (Phi) is 5.31. The second-order valence-corrected chi connectivity index (χ2v) is 6.19. The van der Waals surface area contributed by atoms with Gasteiger partial charge in [0.1, 0.15) is 6.04 Å². The van der Waals surface area contributed by atoms with E-state index in [4.69, 9.17) is 5.11 Å². The van der Waals surface area contributed by atoms with Gasteiger partial charge >= 0.3 is 5.97 Å². The minimum Gasteiger partial charge on any atom is -0.480 e. The van der Waals surface area contributed by atoms with E-state index in [-0.39, 0.29) is 5.91 Å². The molecule has 0 aliphatic carbocycles. The van der Waals surface area contributed by atoms with E-state index in [1.807, 2.05) is 31.2 Å². The molecule has 0 radical (unpaired) electrons. The van der Waals surface area contributed by atoms with Crippen molar-refractivity contribution in [1.82, 2.24) is 5.32 Å². The minimum absolute atomic E-state index is 0.228. The van der Waals surface area contributed by atoms with Crippen LogP contribution in [0.25, 0.3) is 0 Å². The summed E-state index contributed by atoms with van der Waals surface area (Å²) in [6.45, 7) is 7.40. The van der Waals surface area contributed by atoms with E-state index < -0.39 is 17.4 Å². The Hall–Kier alpha value is -1.84. The van der Waals surface area contributed by atoms with Crippen molar-refractivity contribution >= 4 is 11.9 Å². The monoisotopic (exact) mass is 277 g/mol. The summed E-state index contributed by atoms with van der Waals surface area (Å²) in [7, 11) is 0. The molecule has 0 bridgehead atoms. The third-order valence-electron chi connectivity index (χ3n) is 3.14. The maximum atomic E-state index is 11.9. The number of rotatable bonds is 5. The molecule has 0 aliphatic heterocycles. The number of carbonyl (C=O) groups is 2. The van der Waals surface area contributed by atoms with Gasteiger partial charge in [0, 0.05) is 6.42 Å². The lowest BCUT2D eigenvalue weighted by Gasteiger charge is -2.27. The van der Waals surface area contributed by atoms with E-state index in [2.05, 4.69) is 5.32 Å². The van der Waals surface area contributed by atoms with Crippen LogP contribution >= 0.6 is 0 Å². The van der Waals surface area contributed by atoms with Crippen LogP contribution in [0.1, 0.15) is 38.3 Å². The summed E-state index contributed by atoms with van der Waals surface area (Å²) in [5.74, 6) is -1.23. The molecule has 4 nitrogen and oxygen atoms in total. The van der Waals surface area contributed by atoms with Crippen LogP contribution in [-0.4, -0.2) is 23.0 Å². The van der Waals surface area contributed by atoms with E-state index in [1.165, 1.54) is 0 Å². The van der Waals surface area contributed by atoms with Crippen LogP contribution < -0.4 is 5.32 Å². The van der Waals surface area contributed by atoms with Gasteiger partial charge in [-0.15, -0.1) is 0 Å². The van der Waals surface area contributed by atoms with Gasteiger partial charge in [0.2, 0.25) is 5.91 Å². The second kappa shape index (κ2) is 6.55. The van der Waals surface area contributed by atoms with Gasteiger partial charge in [-0.2, -0.15) is 0 Å². The Balaban J connectivity index is 2.57. The summed E-state index contributed by atoms with van der Waals surface area (Å²) in [6, 6.07) is 7.10. The Morgan fingerprint density at radius 2 is 1.95 bits per heavy atom. The lowest BCUT2D eigenvalue weighted by atomic mass is 9.86. The van der Waals surface area contributed by atoms with Crippen LogP contribution in [0.5, 0.6) is 0 Å². The molecular weight excluding hydrogens is 254 g/mol. The van der Waals surface area contributed by atoms with Crippen molar-refractivity contribution in [2.45, 2.75) is 46.6 Å². The number of carbonyl (C=O) groups excluding carboxylic acids is 1. The third kappa shape index (κ3) is 5.03. The fourth-order valence-corrected chi connectivity index (χ4v) is 2.01. The number of carboxylic acid groups (broad SMARTS) is 1. The first kappa shape index (κ1) is 16.2. The van der Waals surface area contributed by atoms with Crippen molar-refractivity contribution in [2.75, 3.05) is 0 Å². The first-order valence-electron chi connectivity index (χ1n) is 6.78. The fourth-order valence-electron chi connectivity index (χ4n) is 2.01. The van der Waals surface area contributed by atoms with Crippen LogP contribution in [-0.2, 0) is 16.0 Å². The molecule has 1 amide bonds. The number of hydrogen-bond acceptors (Lipinski definition) is 2. The first-order valence-corrected chi connectivity index (χ1v) is 6.78. The van der Waals surface area contributed by atoms with Gasteiger partial charge in [-0.05, 0) is 24.3 Å². The van der Waals surface area contributed by atoms with Crippen LogP contribution in [0, 0.1) is 12.3 Å². The van der Waals surface area contributed by atoms with Gasteiger partial charge in [-0.3, -0.25) is 4.79 Å². The highest BCUT2D eigenvalue weighted by Crippen LogP contribution is 2.19. The highest BCUT2D eigenvalue weighted by molar-refractivity contribution is 5.84. The quantitative estimate of drug-likeness (QED) is 0.869. The number of aliphatic carboxylic acids is 1. The van der Waals surface area contributed by atoms with Crippen molar-refractivity contribution < 1.29 is 14.7 Å². The van der Waals surface area contributed by atoms with Gasteiger partial charge < -0.3 is 10.4 Å². The smallest absolute Gasteiger partial charge is 0.326 e. The van der Waals surface area contributed by atoms with E-state index in [1.54, 1.807) is 20.8 Å². The molecule has 110 valence electrons. The summed E-state index contributed by atoms with van der Waals surface area (Å²) >= 11 is 0. The molecule has 0 aliphatic rings. The third-order valence-corrected chi connectivity index (χ3v) is 3.14. The molecular formula is C16H23NO3. The molecule has 0 spiro atoms. The zero-order valence-electron chi connectivity index (χ0n) is 12.6. The van der Waals surface area contributed by atoms with Crippen LogP contribution in [0.3, 0.4) is 0 Å². The predicted octanol–water partition coefficient (Wildman–Crippen LogP) is 2.54. The van der Waals surface area contributed by atoms with Crippen LogP contribution in [0.4, 0.5) is 0 Å². The summed E-state index contributed by atoms with van der Waals surface area (Å²) < 4.78 is 0. The van der Waals surface area contributed by atoms with Crippen LogP contribution in [0.2, 0.25) is 0 Å². The lowest BCUT2D eigenvalue weighted by molar-refractivity contribution is -0.144. The largest absolute Gasteiger partial charge is 0.480 e. The highest BCUT2D eigenvalue weighted by atomic mass is 16.4. The predicted molar refractivity (Wildman–Crippen MR) is 78.5 cm³/mol. The Bertz CT molecular complexity index is 489. The first-order chi connectivity index (χ1) is 9.20.